The summed E-state index contributed by atoms with van der Waals surface area (Å²) in [6.07, 6.45) is 2.82. The first kappa shape index (κ1) is 29.6. The van der Waals surface area contributed by atoms with Crippen LogP contribution >= 0.6 is 0 Å². The molecule has 0 spiro atoms. The van der Waals surface area contributed by atoms with E-state index >= 15 is 0 Å². The van der Waals surface area contributed by atoms with Gasteiger partial charge >= 0.3 is 0 Å². The van der Waals surface area contributed by atoms with E-state index in [0.29, 0.717) is 37.1 Å². The average molecular weight is 528 g/mol. The smallest absolute Gasteiger partial charge is 0.253 e. The maximum absolute atomic E-state index is 13.4. The zero-order chi connectivity index (χ0) is 28.2. The number of anilines is 1. The van der Waals surface area contributed by atoms with Crippen LogP contribution in [0.15, 0.2) is 78.9 Å². The molecule has 0 heterocycles. The van der Waals surface area contributed by atoms with Crippen molar-refractivity contribution in [2.45, 2.75) is 59.4 Å². The fourth-order valence-corrected chi connectivity index (χ4v) is 4.63. The first-order chi connectivity index (χ1) is 18.8. The summed E-state index contributed by atoms with van der Waals surface area (Å²) in [6.45, 7) is 9.35. The average Bonchev–Trinajstić information content (AvgIpc) is 2.94. The molecule has 3 amide bonds. The number of amides is 3. The highest BCUT2D eigenvalue weighted by Crippen LogP contribution is 2.17. The van der Waals surface area contributed by atoms with Crippen LogP contribution in [-0.4, -0.2) is 41.8 Å². The fraction of sp³-hybridized carbons (Fsp3) is 0.364. The molecule has 2 N–H and O–H groups in total. The topological polar surface area (TPSA) is 78.5 Å². The number of carbonyl (C=O) groups is 3. The Morgan fingerprint density at radius 2 is 1.46 bits per heavy atom. The third-order valence-electron chi connectivity index (χ3n) is 6.71. The highest BCUT2D eigenvalue weighted by Gasteiger charge is 2.23. The molecule has 2 atom stereocenters. The normalized spacial score (nSPS) is 12.3. The first-order valence-corrected chi connectivity index (χ1v) is 13.9. The molecule has 0 bridgehead atoms. The van der Waals surface area contributed by atoms with Gasteiger partial charge < -0.3 is 15.5 Å². The van der Waals surface area contributed by atoms with Gasteiger partial charge in [0.2, 0.25) is 5.91 Å². The molecule has 206 valence electrons. The lowest BCUT2D eigenvalue weighted by molar-refractivity contribution is -0.119. The molecule has 0 aromatic heterocycles. The van der Waals surface area contributed by atoms with Crippen LogP contribution < -0.4 is 10.6 Å². The van der Waals surface area contributed by atoms with Gasteiger partial charge in [0.1, 0.15) is 0 Å². The van der Waals surface area contributed by atoms with Crippen molar-refractivity contribution in [2.75, 3.05) is 18.4 Å². The molecule has 6 nitrogen and oxygen atoms in total. The monoisotopic (exact) mass is 527 g/mol. The number of benzene rings is 3. The number of carbonyl (C=O) groups excluding carboxylic acids is 3. The molecule has 0 aliphatic carbocycles. The molecule has 0 aliphatic heterocycles. The Balaban J connectivity index is 1.74. The van der Waals surface area contributed by atoms with Crippen molar-refractivity contribution in [1.29, 1.82) is 0 Å². The van der Waals surface area contributed by atoms with Gasteiger partial charge in [0.15, 0.2) is 0 Å². The van der Waals surface area contributed by atoms with Gasteiger partial charge in [0.05, 0.1) is 0 Å². The van der Waals surface area contributed by atoms with Crippen molar-refractivity contribution >= 4 is 23.4 Å². The highest BCUT2D eigenvalue weighted by atomic mass is 16.2. The van der Waals surface area contributed by atoms with E-state index in [0.717, 1.165) is 29.7 Å². The number of rotatable bonds is 13. The van der Waals surface area contributed by atoms with Crippen molar-refractivity contribution in [3.05, 3.63) is 101 Å². The Morgan fingerprint density at radius 3 is 2.10 bits per heavy atom. The summed E-state index contributed by atoms with van der Waals surface area (Å²) in [4.78, 5) is 41.3. The molecule has 0 unspecified atom stereocenters. The summed E-state index contributed by atoms with van der Waals surface area (Å²) < 4.78 is 0. The van der Waals surface area contributed by atoms with Crippen LogP contribution in [0.25, 0.3) is 0 Å². The van der Waals surface area contributed by atoms with Gasteiger partial charge in [0.25, 0.3) is 11.8 Å². The van der Waals surface area contributed by atoms with E-state index < -0.39 is 0 Å². The lowest BCUT2D eigenvalue weighted by Crippen LogP contribution is -2.39. The van der Waals surface area contributed by atoms with Crippen molar-refractivity contribution in [1.82, 2.24) is 10.2 Å². The Hall–Kier alpha value is -3.93. The largest absolute Gasteiger partial charge is 0.349 e. The summed E-state index contributed by atoms with van der Waals surface area (Å²) in [5, 5.41) is 6.12. The quantitative estimate of drug-likeness (QED) is 0.275. The number of nitrogens with zero attached hydrogens (tertiary/aromatic N) is 1. The Kier molecular flexibility index (Phi) is 11.3. The third kappa shape index (κ3) is 9.10. The zero-order valence-corrected chi connectivity index (χ0v) is 23.6. The zero-order valence-electron chi connectivity index (χ0n) is 23.6. The lowest BCUT2D eigenvalue weighted by Gasteiger charge is -2.23. The molecular formula is C33H41N3O3. The van der Waals surface area contributed by atoms with E-state index in [9.17, 15) is 14.4 Å². The van der Waals surface area contributed by atoms with Crippen LogP contribution in [0.5, 0.6) is 0 Å². The van der Waals surface area contributed by atoms with Crippen molar-refractivity contribution in [3.8, 4) is 0 Å². The van der Waals surface area contributed by atoms with Crippen molar-refractivity contribution in [3.63, 3.8) is 0 Å². The molecule has 3 aromatic rings. The molecular weight excluding hydrogens is 486 g/mol. The SMILES string of the molecule is CCCN(CCC)C(=O)c1cccc(C(=O)N[C@@H](Cc2ccccc2)C[C@@H](C)C(=O)Nc2ccc(C)cc2)c1. The van der Waals surface area contributed by atoms with Gasteiger partial charge in [-0.3, -0.25) is 14.4 Å². The summed E-state index contributed by atoms with van der Waals surface area (Å²) in [5.41, 5.74) is 3.90. The van der Waals surface area contributed by atoms with Gasteiger partial charge in [-0.15, -0.1) is 0 Å². The maximum Gasteiger partial charge on any atom is 0.253 e. The van der Waals surface area contributed by atoms with E-state index in [2.05, 4.69) is 24.5 Å². The van der Waals surface area contributed by atoms with Gasteiger partial charge in [-0.25, -0.2) is 0 Å². The Morgan fingerprint density at radius 1 is 0.821 bits per heavy atom. The van der Waals surface area contributed by atoms with Gasteiger partial charge in [0, 0.05) is 41.9 Å². The van der Waals surface area contributed by atoms with Crippen LogP contribution in [0.3, 0.4) is 0 Å². The molecule has 0 fully saturated rings. The van der Waals surface area contributed by atoms with Crippen molar-refractivity contribution in [2.24, 2.45) is 5.92 Å². The summed E-state index contributed by atoms with van der Waals surface area (Å²) in [6, 6.07) is 24.3. The fourth-order valence-electron chi connectivity index (χ4n) is 4.63. The van der Waals surface area contributed by atoms with Crippen LogP contribution in [0.4, 0.5) is 5.69 Å². The van der Waals surface area contributed by atoms with Crippen LogP contribution in [-0.2, 0) is 11.2 Å². The number of hydrogen-bond donors (Lipinski definition) is 2. The second kappa shape index (κ2) is 14.9. The summed E-state index contributed by atoms with van der Waals surface area (Å²) in [7, 11) is 0. The van der Waals surface area contributed by atoms with E-state index in [1.54, 1.807) is 24.3 Å². The first-order valence-electron chi connectivity index (χ1n) is 13.9. The van der Waals surface area contributed by atoms with Gasteiger partial charge in [-0.2, -0.15) is 0 Å². The molecule has 3 rings (SSSR count). The molecule has 0 radical (unpaired) electrons. The predicted octanol–water partition coefficient (Wildman–Crippen LogP) is 6.26. The number of aryl methyl sites for hydroxylation is 1. The van der Waals surface area contributed by atoms with Crippen LogP contribution in [0, 0.1) is 12.8 Å². The van der Waals surface area contributed by atoms with Gasteiger partial charge in [-0.05, 0) is 68.5 Å². The highest BCUT2D eigenvalue weighted by molar-refractivity contribution is 6.00. The summed E-state index contributed by atoms with van der Waals surface area (Å²) >= 11 is 0. The minimum absolute atomic E-state index is 0.0596. The van der Waals surface area contributed by atoms with E-state index in [1.165, 1.54) is 0 Å². The third-order valence-corrected chi connectivity index (χ3v) is 6.71. The van der Waals surface area contributed by atoms with E-state index in [4.69, 9.17) is 0 Å². The van der Waals surface area contributed by atoms with Crippen molar-refractivity contribution < 1.29 is 14.4 Å². The number of nitrogens with one attached hydrogen (secondary N) is 2. The van der Waals surface area contributed by atoms with E-state index in [-0.39, 0.29) is 29.7 Å². The Labute approximate surface area is 232 Å². The second-order valence-corrected chi connectivity index (χ2v) is 10.2. The van der Waals surface area contributed by atoms with E-state index in [1.807, 2.05) is 73.3 Å². The summed E-state index contributed by atoms with van der Waals surface area (Å²) in [5.74, 6) is -0.736. The molecule has 6 heteroatoms. The lowest BCUT2D eigenvalue weighted by atomic mass is 9.95. The van der Waals surface area contributed by atoms with Crippen LogP contribution in [0.1, 0.15) is 71.9 Å². The van der Waals surface area contributed by atoms with Crippen LogP contribution in [0.2, 0.25) is 0 Å². The predicted molar refractivity (Wildman–Crippen MR) is 158 cm³/mol. The molecule has 3 aromatic carbocycles. The molecule has 39 heavy (non-hydrogen) atoms. The molecule has 0 saturated carbocycles. The molecule has 0 saturated heterocycles. The van der Waals surface area contributed by atoms with Gasteiger partial charge in [-0.1, -0.05) is 74.9 Å². The minimum atomic E-state index is -0.329. The number of hydrogen-bond acceptors (Lipinski definition) is 3. The Bertz CT molecular complexity index is 1220. The minimum Gasteiger partial charge on any atom is -0.349 e. The standard InChI is InChI=1S/C33H41N3O3/c1-5-19-36(20-6-2)33(39)28-14-10-13-27(23-28)32(38)35-30(22-26-11-8-7-9-12-26)21-25(4)31(37)34-29-17-15-24(3)16-18-29/h7-18,23,25,30H,5-6,19-22H2,1-4H3,(H,34,37)(H,35,38)/t25-,30-/m1/s1. The second-order valence-electron chi connectivity index (χ2n) is 10.2. The maximum atomic E-state index is 13.4. The molecule has 0 aliphatic rings.